The van der Waals surface area contributed by atoms with Crippen LogP contribution in [0, 0.1) is 0 Å². The van der Waals surface area contributed by atoms with Crippen LogP contribution in [0.2, 0.25) is 0 Å². The second-order valence-corrected chi connectivity index (χ2v) is 5.22. The summed E-state index contributed by atoms with van der Waals surface area (Å²) in [6.45, 7) is 0.00629. The van der Waals surface area contributed by atoms with E-state index in [1.165, 1.54) is 23.1 Å². The first kappa shape index (κ1) is 11.7. The van der Waals surface area contributed by atoms with Crippen molar-refractivity contribution in [3.63, 3.8) is 0 Å². The molecule has 7 heteroatoms. The normalized spacial score (nSPS) is 12.9. The number of aliphatic hydroxyl groups excluding tert-OH is 1. The van der Waals surface area contributed by atoms with Gasteiger partial charge in [0.15, 0.2) is 4.34 Å². The van der Waals surface area contributed by atoms with E-state index in [0.717, 1.165) is 9.47 Å². The lowest BCUT2D eigenvalue weighted by atomic mass is 10.4. The van der Waals surface area contributed by atoms with E-state index >= 15 is 0 Å². The van der Waals surface area contributed by atoms with Gasteiger partial charge < -0.3 is 15.7 Å². The van der Waals surface area contributed by atoms with Crippen molar-refractivity contribution in [2.45, 2.75) is 10.4 Å². The van der Waals surface area contributed by atoms with Gasteiger partial charge >= 0.3 is 0 Å². The Morgan fingerprint density at radius 2 is 2.29 bits per heavy atom. The van der Waals surface area contributed by atoms with Crippen molar-refractivity contribution in [3.8, 4) is 0 Å². The molecule has 1 atom stereocenters. The van der Waals surface area contributed by atoms with Crippen LogP contribution in [0.1, 0.15) is 0 Å². The molecule has 0 fully saturated rings. The van der Waals surface area contributed by atoms with Gasteiger partial charge in [0.1, 0.15) is 0 Å². The smallest absolute Gasteiger partial charge is 0.208 e. The van der Waals surface area contributed by atoms with Crippen molar-refractivity contribution in [2.24, 2.45) is 5.73 Å². The van der Waals surface area contributed by atoms with E-state index in [2.05, 4.69) is 10.2 Å². The molecule has 1 aromatic heterocycles. The van der Waals surface area contributed by atoms with Crippen LogP contribution in [0.3, 0.4) is 0 Å². The van der Waals surface area contributed by atoms with Crippen molar-refractivity contribution in [1.29, 1.82) is 0 Å². The van der Waals surface area contributed by atoms with Gasteiger partial charge in [0.25, 0.3) is 0 Å². The molecule has 5 nitrogen and oxygen atoms in total. The van der Waals surface area contributed by atoms with Crippen molar-refractivity contribution in [1.82, 2.24) is 10.2 Å². The molecule has 1 unspecified atom stereocenters. The highest BCUT2D eigenvalue weighted by molar-refractivity contribution is 8.01. The van der Waals surface area contributed by atoms with Crippen LogP contribution in [-0.4, -0.2) is 47.8 Å². The molecule has 0 saturated heterocycles. The molecule has 1 heterocycles. The van der Waals surface area contributed by atoms with Gasteiger partial charge in [-0.2, -0.15) is 0 Å². The van der Waals surface area contributed by atoms with Crippen molar-refractivity contribution in [3.05, 3.63) is 0 Å². The van der Waals surface area contributed by atoms with Crippen molar-refractivity contribution >= 4 is 28.2 Å². The largest absolute Gasteiger partial charge is 0.395 e. The molecule has 0 amide bonds. The third-order valence-electron chi connectivity index (χ3n) is 1.43. The standard InChI is InChI=1S/C7H14N4OS2/c1-11(2)6-9-10-7(14-6)13-4-5(8)3-12/h5,12H,3-4,8H2,1-2H3. The molecule has 0 bridgehead atoms. The van der Waals surface area contributed by atoms with Crippen LogP contribution in [-0.2, 0) is 0 Å². The summed E-state index contributed by atoms with van der Waals surface area (Å²) in [4.78, 5) is 1.91. The summed E-state index contributed by atoms with van der Waals surface area (Å²) in [6, 6.07) is -0.188. The molecule has 0 aliphatic rings. The molecular weight excluding hydrogens is 220 g/mol. The highest BCUT2D eigenvalue weighted by Gasteiger charge is 2.08. The van der Waals surface area contributed by atoms with Gasteiger partial charge in [-0.05, 0) is 0 Å². The number of anilines is 1. The SMILES string of the molecule is CN(C)c1nnc(SCC(N)CO)s1. The van der Waals surface area contributed by atoms with Crippen molar-refractivity contribution < 1.29 is 5.11 Å². The Labute approximate surface area is 91.3 Å². The molecule has 0 spiro atoms. The number of nitrogens with two attached hydrogens (primary N) is 1. The fourth-order valence-corrected chi connectivity index (χ4v) is 2.40. The maximum Gasteiger partial charge on any atom is 0.208 e. The summed E-state index contributed by atoms with van der Waals surface area (Å²) in [5, 5.41) is 17.6. The fourth-order valence-electron chi connectivity index (χ4n) is 0.673. The first-order valence-corrected chi connectivity index (χ1v) is 5.93. The van der Waals surface area contributed by atoms with Gasteiger partial charge in [0, 0.05) is 25.9 Å². The zero-order chi connectivity index (χ0) is 10.6. The number of aliphatic hydroxyl groups is 1. The minimum absolute atomic E-state index is 0.00629. The molecule has 1 rings (SSSR count). The zero-order valence-electron chi connectivity index (χ0n) is 8.17. The summed E-state index contributed by atoms with van der Waals surface area (Å²) < 4.78 is 0.887. The average molecular weight is 234 g/mol. The van der Waals surface area contributed by atoms with E-state index in [9.17, 15) is 0 Å². The van der Waals surface area contributed by atoms with E-state index < -0.39 is 0 Å². The molecule has 0 saturated carbocycles. The zero-order valence-corrected chi connectivity index (χ0v) is 9.81. The highest BCUT2D eigenvalue weighted by atomic mass is 32.2. The van der Waals surface area contributed by atoms with E-state index in [1.807, 2.05) is 19.0 Å². The van der Waals surface area contributed by atoms with Crippen LogP contribution >= 0.6 is 23.1 Å². The first-order valence-electron chi connectivity index (χ1n) is 4.13. The number of hydrogen-bond acceptors (Lipinski definition) is 7. The molecule has 0 radical (unpaired) electrons. The molecule has 14 heavy (non-hydrogen) atoms. The summed E-state index contributed by atoms with van der Waals surface area (Å²) >= 11 is 3.05. The molecule has 0 aliphatic heterocycles. The Morgan fingerprint density at radius 3 is 2.79 bits per heavy atom. The van der Waals surface area contributed by atoms with Gasteiger partial charge in [0.2, 0.25) is 5.13 Å². The Balaban J connectivity index is 2.44. The maximum atomic E-state index is 8.73. The number of aromatic nitrogens is 2. The van der Waals surface area contributed by atoms with E-state index in [0.29, 0.717) is 5.75 Å². The molecule has 0 aliphatic carbocycles. The first-order chi connectivity index (χ1) is 6.63. The molecule has 0 aromatic carbocycles. The van der Waals surface area contributed by atoms with Crippen molar-refractivity contribution in [2.75, 3.05) is 31.4 Å². The topological polar surface area (TPSA) is 75.3 Å². The van der Waals surface area contributed by atoms with Gasteiger partial charge in [-0.3, -0.25) is 0 Å². The predicted molar refractivity (Wildman–Crippen MR) is 60.0 cm³/mol. The van der Waals surface area contributed by atoms with Crippen LogP contribution in [0.25, 0.3) is 0 Å². The van der Waals surface area contributed by atoms with Crippen LogP contribution in [0.4, 0.5) is 5.13 Å². The monoisotopic (exact) mass is 234 g/mol. The molecule has 80 valence electrons. The third kappa shape index (κ3) is 3.41. The highest BCUT2D eigenvalue weighted by Crippen LogP contribution is 2.26. The Morgan fingerprint density at radius 1 is 1.57 bits per heavy atom. The summed E-state index contributed by atoms with van der Waals surface area (Å²) in [7, 11) is 3.85. The maximum absolute atomic E-state index is 8.73. The molecular formula is C7H14N4OS2. The number of thioether (sulfide) groups is 1. The summed E-state index contributed by atoms with van der Waals surface area (Å²) in [6.07, 6.45) is 0. The van der Waals surface area contributed by atoms with E-state index in [-0.39, 0.29) is 12.6 Å². The second kappa shape index (κ2) is 5.50. The molecule has 1 aromatic rings. The third-order valence-corrected chi connectivity index (χ3v) is 3.85. The number of nitrogens with zero attached hydrogens (tertiary/aromatic N) is 3. The lowest BCUT2D eigenvalue weighted by Gasteiger charge is -2.05. The second-order valence-electron chi connectivity index (χ2n) is 3.00. The Kier molecular flexibility index (Phi) is 4.59. The van der Waals surface area contributed by atoms with Crippen LogP contribution in [0.5, 0.6) is 0 Å². The van der Waals surface area contributed by atoms with Gasteiger partial charge in [-0.1, -0.05) is 23.1 Å². The minimum Gasteiger partial charge on any atom is -0.395 e. The molecule has 3 N–H and O–H groups in total. The quantitative estimate of drug-likeness (QED) is 0.699. The number of rotatable bonds is 5. The van der Waals surface area contributed by atoms with E-state index in [1.54, 1.807) is 0 Å². The lowest BCUT2D eigenvalue weighted by Crippen LogP contribution is -2.26. The predicted octanol–water partition coefficient (Wildman–Crippen LogP) is 0.0158. The van der Waals surface area contributed by atoms with Gasteiger partial charge in [-0.15, -0.1) is 10.2 Å². The van der Waals surface area contributed by atoms with Crippen LogP contribution in [0.15, 0.2) is 4.34 Å². The van der Waals surface area contributed by atoms with E-state index in [4.69, 9.17) is 10.8 Å². The summed E-state index contributed by atoms with van der Waals surface area (Å²) in [5.41, 5.74) is 5.56. The Bertz CT molecular complexity index is 278. The Hall–Kier alpha value is -0.370. The fraction of sp³-hybridized carbons (Fsp3) is 0.714. The minimum atomic E-state index is -0.188. The number of hydrogen-bond donors (Lipinski definition) is 2. The average Bonchev–Trinajstić information content (AvgIpc) is 2.62. The van der Waals surface area contributed by atoms with Gasteiger partial charge in [-0.25, -0.2) is 0 Å². The van der Waals surface area contributed by atoms with Crippen LogP contribution < -0.4 is 10.6 Å². The lowest BCUT2D eigenvalue weighted by molar-refractivity contribution is 0.275. The summed E-state index contributed by atoms with van der Waals surface area (Å²) in [5.74, 6) is 0.665. The van der Waals surface area contributed by atoms with Gasteiger partial charge in [0.05, 0.1) is 6.61 Å².